The van der Waals surface area contributed by atoms with Gasteiger partial charge >= 0.3 is 6.18 Å². The normalized spacial score (nSPS) is 19.5. The fraction of sp³-hybridized carbons (Fsp3) is 0.417. The first-order valence-corrected chi connectivity index (χ1v) is 6.83. The molecule has 104 valence electrons. The number of aryl methyl sites for hydroxylation is 1. The van der Waals surface area contributed by atoms with Crippen molar-refractivity contribution in [2.45, 2.75) is 19.1 Å². The molecule has 0 saturated carbocycles. The lowest BCUT2D eigenvalue weighted by atomic mass is 10.1. The highest BCUT2D eigenvalue weighted by Crippen LogP contribution is 2.33. The molecule has 3 nitrogen and oxygen atoms in total. The molecule has 1 aromatic carbocycles. The molecule has 2 N–H and O–H groups in total. The Hall–Kier alpha value is -1.21. The lowest BCUT2D eigenvalue weighted by Gasteiger charge is -2.14. The van der Waals surface area contributed by atoms with Crippen molar-refractivity contribution in [2.24, 2.45) is 0 Å². The monoisotopic (exact) mass is 290 g/mol. The summed E-state index contributed by atoms with van der Waals surface area (Å²) in [6, 6.07) is 3.45. The average molecular weight is 290 g/mol. The minimum atomic E-state index is -4.41. The van der Waals surface area contributed by atoms with Gasteiger partial charge in [-0.15, -0.1) is 11.8 Å². The Morgan fingerprint density at radius 1 is 1.47 bits per heavy atom. The highest BCUT2D eigenvalue weighted by atomic mass is 32.2. The average Bonchev–Trinajstić information content (AvgIpc) is 2.83. The van der Waals surface area contributed by atoms with Gasteiger partial charge in [-0.1, -0.05) is 6.07 Å². The first-order valence-electron chi connectivity index (χ1n) is 5.68. The standard InChI is InChI=1S/C12H13F3N2OS/c1-7-2-3-8(4-9(7)12(13,14)15)17-11(18)10-5-19-6-16-10/h2-4,10,16H,5-6H2,1H3,(H,17,18). The maximum absolute atomic E-state index is 12.7. The molecule has 1 saturated heterocycles. The van der Waals surface area contributed by atoms with Crippen LogP contribution in [0.25, 0.3) is 0 Å². The highest BCUT2D eigenvalue weighted by molar-refractivity contribution is 7.99. The van der Waals surface area contributed by atoms with Crippen LogP contribution in [-0.2, 0) is 11.0 Å². The van der Waals surface area contributed by atoms with Crippen molar-refractivity contribution >= 4 is 23.4 Å². The summed E-state index contributed by atoms with van der Waals surface area (Å²) in [7, 11) is 0. The molecule has 1 fully saturated rings. The number of benzene rings is 1. The van der Waals surface area contributed by atoms with Crippen LogP contribution in [0.5, 0.6) is 0 Å². The number of halogens is 3. The minimum absolute atomic E-state index is 0.139. The molecule has 1 amide bonds. The molecule has 1 heterocycles. The van der Waals surface area contributed by atoms with Crippen molar-refractivity contribution in [2.75, 3.05) is 16.9 Å². The molecule has 1 aliphatic rings. The fourth-order valence-corrected chi connectivity index (χ4v) is 2.74. The topological polar surface area (TPSA) is 41.1 Å². The Bertz CT molecular complexity index is 484. The van der Waals surface area contributed by atoms with Gasteiger partial charge < -0.3 is 5.32 Å². The maximum atomic E-state index is 12.7. The Labute approximate surface area is 112 Å². The SMILES string of the molecule is Cc1ccc(NC(=O)C2CSCN2)cc1C(F)(F)F. The summed E-state index contributed by atoms with van der Waals surface area (Å²) >= 11 is 1.58. The minimum Gasteiger partial charge on any atom is -0.325 e. The molecule has 1 unspecified atom stereocenters. The number of carbonyl (C=O) groups excluding carboxylic acids is 1. The number of carbonyl (C=O) groups is 1. The lowest BCUT2D eigenvalue weighted by Crippen LogP contribution is -2.37. The summed E-state index contributed by atoms with van der Waals surface area (Å²) in [5.74, 6) is 1.01. The zero-order valence-corrected chi connectivity index (χ0v) is 11.0. The summed E-state index contributed by atoms with van der Waals surface area (Å²) in [6.07, 6.45) is -4.41. The third-order valence-corrected chi connectivity index (χ3v) is 3.78. The van der Waals surface area contributed by atoms with Crippen molar-refractivity contribution < 1.29 is 18.0 Å². The van der Waals surface area contributed by atoms with Crippen LogP contribution in [0, 0.1) is 6.92 Å². The molecular formula is C12H13F3N2OS. The number of rotatable bonds is 2. The van der Waals surface area contributed by atoms with Crippen molar-refractivity contribution in [3.8, 4) is 0 Å². The van der Waals surface area contributed by atoms with E-state index in [2.05, 4.69) is 10.6 Å². The van der Waals surface area contributed by atoms with Crippen LogP contribution in [0.4, 0.5) is 18.9 Å². The quantitative estimate of drug-likeness (QED) is 0.879. The molecule has 7 heteroatoms. The van der Waals surface area contributed by atoms with Gasteiger partial charge in [-0.2, -0.15) is 13.2 Å². The van der Waals surface area contributed by atoms with Crippen molar-refractivity contribution in [1.82, 2.24) is 5.32 Å². The van der Waals surface area contributed by atoms with Crippen molar-refractivity contribution in [3.63, 3.8) is 0 Å². The first-order chi connectivity index (χ1) is 8.88. The third kappa shape index (κ3) is 3.42. The number of hydrogen-bond acceptors (Lipinski definition) is 3. The van der Waals surface area contributed by atoms with E-state index in [4.69, 9.17) is 0 Å². The summed E-state index contributed by atoms with van der Waals surface area (Å²) in [5, 5.41) is 5.47. The van der Waals surface area contributed by atoms with E-state index in [1.807, 2.05) is 0 Å². The second-order valence-electron chi connectivity index (χ2n) is 4.29. The third-order valence-electron chi connectivity index (χ3n) is 2.84. The van der Waals surface area contributed by atoms with Crippen LogP contribution in [0.15, 0.2) is 18.2 Å². The highest BCUT2D eigenvalue weighted by Gasteiger charge is 2.32. The predicted octanol–water partition coefficient (Wildman–Crippen LogP) is 2.61. The Balaban J connectivity index is 2.15. The molecular weight excluding hydrogens is 277 g/mol. The van der Waals surface area contributed by atoms with Gasteiger partial charge in [-0.3, -0.25) is 10.1 Å². The number of thioether (sulfide) groups is 1. The number of nitrogens with one attached hydrogen (secondary N) is 2. The van der Waals surface area contributed by atoms with Crippen molar-refractivity contribution in [1.29, 1.82) is 0 Å². The van der Waals surface area contributed by atoms with Gasteiger partial charge in [0.1, 0.15) is 0 Å². The van der Waals surface area contributed by atoms with E-state index in [9.17, 15) is 18.0 Å². The van der Waals surface area contributed by atoms with Crippen LogP contribution in [0.2, 0.25) is 0 Å². The lowest BCUT2D eigenvalue weighted by molar-refractivity contribution is -0.138. The summed E-state index contributed by atoms with van der Waals surface area (Å²) < 4.78 is 38.2. The van der Waals surface area contributed by atoms with Gasteiger partial charge in [0.25, 0.3) is 0 Å². The number of hydrogen-bond donors (Lipinski definition) is 2. The van der Waals surface area contributed by atoms with Crippen LogP contribution < -0.4 is 10.6 Å². The Morgan fingerprint density at radius 2 is 2.21 bits per heavy atom. The zero-order valence-electron chi connectivity index (χ0n) is 10.2. The number of anilines is 1. The summed E-state index contributed by atoms with van der Waals surface area (Å²) in [4.78, 5) is 11.8. The molecule has 0 radical (unpaired) electrons. The van der Waals surface area contributed by atoms with E-state index >= 15 is 0 Å². The van der Waals surface area contributed by atoms with Crippen LogP contribution in [0.1, 0.15) is 11.1 Å². The molecule has 1 aromatic rings. The van der Waals surface area contributed by atoms with Gasteiger partial charge in [0.05, 0.1) is 11.6 Å². The molecule has 1 aliphatic heterocycles. The van der Waals surface area contributed by atoms with Gasteiger partial charge in [0, 0.05) is 17.3 Å². The zero-order chi connectivity index (χ0) is 14.0. The molecule has 0 spiro atoms. The smallest absolute Gasteiger partial charge is 0.325 e. The van der Waals surface area contributed by atoms with Gasteiger partial charge in [0.15, 0.2) is 0 Å². The Kier molecular flexibility index (Phi) is 4.05. The summed E-state index contributed by atoms with van der Waals surface area (Å²) in [5.41, 5.74) is -0.416. The van der Waals surface area contributed by atoms with E-state index in [-0.39, 0.29) is 23.2 Å². The molecule has 19 heavy (non-hydrogen) atoms. The largest absolute Gasteiger partial charge is 0.416 e. The maximum Gasteiger partial charge on any atom is 0.416 e. The van der Waals surface area contributed by atoms with Crippen molar-refractivity contribution in [3.05, 3.63) is 29.3 Å². The number of amides is 1. The van der Waals surface area contributed by atoms with Gasteiger partial charge in [-0.05, 0) is 24.6 Å². The van der Waals surface area contributed by atoms with Crippen LogP contribution in [0.3, 0.4) is 0 Å². The second kappa shape index (κ2) is 5.42. The molecule has 2 rings (SSSR count). The van der Waals surface area contributed by atoms with E-state index < -0.39 is 11.7 Å². The molecule has 0 bridgehead atoms. The molecule has 0 aliphatic carbocycles. The fourth-order valence-electron chi connectivity index (χ4n) is 1.80. The first kappa shape index (κ1) is 14.2. The van der Waals surface area contributed by atoms with E-state index in [0.29, 0.717) is 11.6 Å². The van der Waals surface area contributed by atoms with E-state index in [1.54, 1.807) is 11.8 Å². The molecule has 1 atom stereocenters. The van der Waals surface area contributed by atoms with Gasteiger partial charge in [-0.25, -0.2) is 0 Å². The van der Waals surface area contributed by atoms with E-state index in [1.165, 1.54) is 19.1 Å². The second-order valence-corrected chi connectivity index (χ2v) is 5.32. The Morgan fingerprint density at radius 3 is 2.79 bits per heavy atom. The number of alkyl halides is 3. The molecule has 0 aromatic heterocycles. The summed E-state index contributed by atoms with van der Waals surface area (Å²) in [6.45, 7) is 1.39. The van der Waals surface area contributed by atoms with Crippen LogP contribution in [-0.4, -0.2) is 23.6 Å². The van der Waals surface area contributed by atoms with E-state index in [0.717, 1.165) is 6.07 Å². The predicted molar refractivity (Wildman–Crippen MR) is 69.1 cm³/mol. The van der Waals surface area contributed by atoms with Crippen LogP contribution >= 0.6 is 11.8 Å². The van der Waals surface area contributed by atoms with Gasteiger partial charge in [0.2, 0.25) is 5.91 Å².